The summed E-state index contributed by atoms with van der Waals surface area (Å²) in [6, 6.07) is 3.75. The average molecular weight is 271 g/mol. The van der Waals surface area contributed by atoms with Crippen molar-refractivity contribution in [1.82, 2.24) is 20.2 Å². The number of aromatic nitrogens is 4. The summed E-state index contributed by atoms with van der Waals surface area (Å²) >= 11 is 0. The Kier molecular flexibility index (Phi) is 2.63. The Balaban J connectivity index is 2.08. The molecule has 1 aromatic carbocycles. The normalized spacial score (nSPS) is 14.1. The van der Waals surface area contributed by atoms with Crippen molar-refractivity contribution in [3.8, 4) is 0 Å². The minimum atomic E-state index is -0.537. The number of hydrogen-bond acceptors (Lipinski definition) is 5. The number of nitrogens with zero attached hydrogens (tertiary/aromatic N) is 5. The van der Waals surface area contributed by atoms with E-state index in [0.29, 0.717) is 17.1 Å². The summed E-state index contributed by atoms with van der Waals surface area (Å²) in [6.45, 7) is 3.85. The van der Waals surface area contributed by atoms with Crippen LogP contribution in [0.1, 0.15) is 27.3 Å². The lowest BCUT2D eigenvalue weighted by atomic mass is 10.0. The van der Waals surface area contributed by atoms with Crippen LogP contribution >= 0.6 is 0 Å². The molecule has 102 valence electrons. The molecule has 7 nitrogen and oxygen atoms in total. The molecule has 1 aliphatic heterocycles. The first kappa shape index (κ1) is 12.5. The molecule has 20 heavy (non-hydrogen) atoms. The van der Waals surface area contributed by atoms with Gasteiger partial charge in [0.25, 0.3) is 11.7 Å². The largest absolute Gasteiger partial charge is 0.299 e. The zero-order valence-electron chi connectivity index (χ0n) is 11.4. The molecule has 0 fully saturated rings. The number of fused-ring (bicyclic) bond motifs is 1. The molecule has 0 radical (unpaired) electrons. The number of Topliss-reactive ketones (excluding diaryl/α,β-unsaturated/α-hetero) is 1. The van der Waals surface area contributed by atoms with Crippen LogP contribution in [0.5, 0.6) is 0 Å². The number of anilines is 1. The first-order valence-corrected chi connectivity index (χ1v) is 6.18. The second-order valence-electron chi connectivity index (χ2n) is 4.84. The predicted molar refractivity (Wildman–Crippen MR) is 70.2 cm³/mol. The van der Waals surface area contributed by atoms with Gasteiger partial charge in [0.15, 0.2) is 5.82 Å². The van der Waals surface area contributed by atoms with Crippen molar-refractivity contribution >= 4 is 17.4 Å². The second kappa shape index (κ2) is 4.22. The van der Waals surface area contributed by atoms with Crippen molar-refractivity contribution in [2.24, 2.45) is 7.05 Å². The Hall–Kier alpha value is -2.57. The molecule has 0 aliphatic carbocycles. The van der Waals surface area contributed by atoms with Crippen LogP contribution in [0.25, 0.3) is 0 Å². The first-order chi connectivity index (χ1) is 9.49. The van der Waals surface area contributed by atoms with Crippen molar-refractivity contribution in [2.75, 3.05) is 4.90 Å². The van der Waals surface area contributed by atoms with Gasteiger partial charge >= 0.3 is 0 Å². The van der Waals surface area contributed by atoms with E-state index in [1.54, 1.807) is 7.05 Å². The number of tetrazole rings is 1. The van der Waals surface area contributed by atoms with E-state index >= 15 is 0 Å². The van der Waals surface area contributed by atoms with Gasteiger partial charge in [0.1, 0.15) is 0 Å². The Morgan fingerprint density at radius 1 is 1.15 bits per heavy atom. The standard InChI is InChI=1S/C13H13N5O2/c1-7-4-5-8(2)11-10(7)12(19)13(20)18(11)6-9-14-16-17(3)15-9/h4-5H,6H2,1-3H3. The SMILES string of the molecule is Cc1ccc(C)c2c1C(=O)C(=O)N2Cc1nnn(C)n1. The van der Waals surface area contributed by atoms with Crippen LogP contribution in [0, 0.1) is 13.8 Å². The van der Waals surface area contributed by atoms with Crippen LogP contribution in [-0.2, 0) is 18.4 Å². The average Bonchev–Trinajstić information content (AvgIpc) is 2.92. The van der Waals surface area contributed by atoms with Gasteiger partial charge in [-0.3, -0.25) is 14.5 Å². The lowest BCUT2D eigenvalue weighted by molar-refractivity contribution is -0.114. The van der Waals surface area contributed by atoms with Gasteiger partial charge in [-0.25, -0.2) is 0 Å². The third kappa shape index (κ3) is 1.70. The highest BCUT2D eigenvalue weighted by molar-refractivity contribution is 6.52. The molecule has 0 spiro atoms. The smallest absolute Gasteiger partial charge is 0.297 e. The highest BCUT2D eigenvalue weighted by Gasteiger charge is 2.38. The van der Waals surface area contributed by atoms with Gasteiger partial charge in [0.2, 0.25) is 0 Å². The van der Waals surface area contributed by atoms with Gasteiger partial charge in [-0.15, -0.1) is 10.2 Å². The number of amides is 1. The highest BCUT2D eigenvalue weighted by atomic mass is 16.2. The van der Waals surface area contributed by atoms with Crippen LogP contribution < -0.4 is 4.90 Å². The molecule has 0 N–H and O–H groups in total. The minimum Gasteiger partial charge on any atom is -0.297 e. The lowest BCUT2D eigenvalue weighted by Crippen LogP contribution is -2.30. The number of benzene rings is 1. The fraction of sp³-hybridized carbons (Fsp3) is 0.308. The number of carbonyl (C=O) groups excluding carboxylic acids is 2. The molecule has 1 aromatic heterocycles. The topological polar surface area (TPSA) is 81.0 Å². The molecule has 0 unspecified atom stereocenters. The molecule has 0 saturated carbocycles. The van der Waals surface area contributed by atoms with E-state index in [9.17, 15) is 9.59 Å². The lowest BCUT2D eigenvalue weighted by Gasteiger charge is -2.16. The number of carbonyl (C=O) groups is 2. The summed E-state index contributed by atoms with van der Waals surface area (Å²) < 4.78 is 0. The summed E-state index contributed by atoms with van der Waals surface area (Å²) in [6.07, 6.45) is 0. The third-order valence-electron chi connectivity index (χ3n) is 3.37. The van der Waals surface area contributed by atoms with E-state index in [2.05, 4.69) is 15.4 Å². The Labute approximate surface area is 115 Å². The van der Waals surface area contributed by atoms with Crippen molar-refractivity contribution in [1.29, 1.82) is 0 Å². The monoisotopic (exact) mass is 271 g/mol. The quantitative estimate of drug-likeness (QED) is 0.745. The van der Waals surface area contributed by atoms with E-state index in [-0.39, 0.29) is 6.54 Å². The molecule has 2 aromatic rings. The van der Waals surface area contributed by atoms with Crippen molar-refractivity contribution < 1.29 is 9.59 Å². The zero-order valence-corrected chi connectivity index (χ0v) is 11.4. The maximum atomic E-state index is 12.2. The van der Waals surface area contributed by atoms with Crippen molar-refractivity contribution in [2.45, 2.75) is 20.4 Å². The van der Waals surface area contributed by atoms with Crippen molar-refractivity contribution in [3.05, 3.63) is 34.6 Å². The van der Waals surface area contributed by atoms with Gasteiger partial charge in [0.05, 0.1) is 24.8 Å². The van der Waals surface area contributed by atoms with E-state index in [0.717, 1.165) is 11.1 Å². The van der Waals surface area contributed by atoms with Crippen molar-refractivity contribution in [3.63, 3.8) is 0 Å². The van der Waals surface area contributed by atoms with Crippen LogP contribution in [-0.4, -0.2) is 31.9 Å². The molecule has 0 bridgehead atoms. The van der Waals surface area contributed by atoms with Gasteiger partial charge in [0, 0.05) is 0 Å². The minimum absolute atomic E-state index is 0.149. The van der Waals surface area contributed by atoms with E-state index in [4.69, 9.17) is 0 Å². The molecular formula is C13H13N5O2. The zero-order chi connectivity index (χ0) is 14.4. The predicted octanol–water partition coefficient (Wildman–Crippen LogP) is 0.556. The van der Waals surface area contributed by atoms with Gasteiger partial charge in [-0.2, -0.15) is 4.80 Å². The molecule has 0 atom stereocenters. The fourth-order valence-corrected chi connectivity index (χ4v) is 2.44. The van der Waals surface area contributed by atoms with Gasteiger partial charge in [-0.05, 0) is 30.2 Å². The summed E-state index contributed by atoms with van der Waals surface area (Å²) in [5.41, 5.74) is 2.83. The van der Waals surface area contributed by atoms with Crippen LogP contribution in [0.15, 0.2) is 12.1 Å². The summed E-state index contributed by atoms with van der Waals surface area (Å²) in [5.74, 6) is -0.600. The van der Waals surface area contributed by atoms with E-state index < -0.39 is 11.7 Å². The highest BCUT2D eigenvalue weighted by Crippen LogP contribution is 2.35. The Bertz CT molecular complexity index is 734. The van der Waals surface area contributed by atoms with Crippen LogP contribution in [0.3, 0.4) is 0 Å². The summed E-state index contributed by atoms with van der Waals surface area (Å²) in [5, 5.41) is 11.6. The van der Waals surface area contributed by atoms with Crippen LogP contribution in [0.4, 0.5) is 5.69 Å². The number of ketones is 1. The molecule has 7 heteroatoms. The molecule has 1 aliphatic rings. The van der Waals surface area contributed by atoms with Gasteiger partial charge < -0.3 is 0 Å². The molecular weight excluding hydrogens is 258 g/mol. The summed E-state index contributed by atoms with van der Waals surface area (Å²) in [7, 11) is 1.65. The Morgan fingerprint density at radius 2 is 1.85 bits per heavy atom. The maximum Gasteiger partial charge on any atom is 0.299 e. The second-order valence-corrected chi connectivity index (χ2v) is 4.84. The molecule has 2 heterocycles. The number of aryl methyl sites for hydroxylation is 3. The van der Waals surface area contributed by atoms with Gasteiger partial charge in [-0.1, -0.05) is 12.1 Å². The molecule has 0 saturated heterocycles. The first-order valence-electron chi connectivity index (χ1n) is 6.18. The summed E-state index contributed by atoms with van der Waals surface area (Å²) in [4.78, 5) is 27.0. The Morgan fingerprint density at radius 3 is 2.50 bits per heavy atom. The molecule has 1 amide bonds. The van der Waals surface area contributed by atoms with E-state index in [1.807, 2.05) is 26.0 Å². The van der Waals surface area contributed by atoms with Crippen LogP contribution in [0.2, 0.25) is 0 Å². The molecule has 3 rings (SSSR count). The number of hydrogen-bond donors (Lipinski definition) is 0. The fourth-order valence-electron chi connectivity index (χ4n) is 2.44. The number of rotatable bonds is 2. The maximum absolute atomic E-state index is 12.2. The van der Waals surface area contributed by atoms with E-state index in [1.165, 1.54) is 9.70 Å². The third-order valence-corrected chi connectivity index (χ3v) is 3.37.